The molecule has 6 heteroatoms. The van der Waals surface area contributed by atoms with Crippen LogP contribution in [0.3, 0.4) is 0 Å². The van der Waals surface area contributed by atoms with E-state index in [1.807, 2.05) is 0 Å². The molecule has 0 rings (SSSR count). The van der Waals surface area contributed by atoms with E-state index in [9.17, 15) is 9.59 Å². The number of hydrogen-bond donors (Lipinski definition) is 2. The minimum Gasteiger partial charge on any atom is -0.382 e. The molecule has 2 amide bonds. The van der Waals surface area contributed by atoms with E-state index in [0.29, 0.717) is 6.61 Å². The predicted octanol–water partition coefficient (Wildman–Crippen LogP) is -0.795. The number of amides is 2. The van der Waals surface area contributed by atoms with Crippen molar-refractivity contribution >= 4 is 11.8 Å². The van der Waals surface area contributed by atoms with Crippen LogP contribution in [0.2, 0.25) is 0 Å². The molecule has 0 aromatic carbocycles. The molecule has 0 bridgehead atoms. The number of nitrogens with one attached hydrogen (secondary N) is 2. The van der Waals surface area contributed by atoms with Crippen molar-refractivity contribution in [2.45, 2.75) is 19.9 Å². The van der Waals surface area contributed by atoms with Gasteiger partial charge >= 0.3 is 0 Å². The molecule has 6 nitrogen and oxygen atoms in total. The Morgan fingerprint density at radius 1 is 1.36 bits per heavy atom. The van der Waals surface area contributed by atoms with E-state index < -0.39 is 11.9 Å². The lowest BCUT2D eigenvalue weighted by atomic mass is 10.3. The van der Waals surface area contributed by atoms with E-state index in [4.69, 9.17) is 9.57 Å². The lowest BCUT2D eigenvalue weighted by Crippen LogP contribution is -2.44. The van der Waals surface area contributed by atoms with Gasteiger partial charge in [0.15, 0.2) is 0 Å². The summed E-state index contributed by atoms with van der Waals surface area (Å²) in [6, 6.07) is -0.602. The molecule has 0 aromatic rings. The standard InChI is InChI=1S/C8H16N2O4/c1-6(9-7(2)11)8(12)10-14-5-4-13-3/h6H,4-5H2,1-3H3,(H,9,11)(H,10,12). The molecule has 0 aliphatic heterocycles. The zero-order valence-electron chi connectivity index (χ0n) is 8.62. The molecule has 0 spiro atoms. The Labute approximate surface area is 82.9 Å². The number of rotatable bonds is 6. The van der Waals surface area contributed by atoms with E-state index >= 15 is 0 Å². The summed E-state index contributed by atoms with van der Waals surface area (Å²) >= 11 is 0. The highest BCUT2D eigenvalue weighted by Gasteiger charge is 2.12. The maximum atomic E-state index is 11.2. The number of hydrogen-bond acceptors (Lipinski definition) is 4. The molecule has 0 aliphatic carbocycles. The number of hydroxylamine groups is 1. The van der Waals surface area contributed by atoms with Crippen LogP contribution < -0.4 is 10.8 Å². The van der Waals surface area contributed by atoms with Crippen LogP contribution >= 0.6 is 0 Å². The fraction of sp³-hybridized carbons (Fsp3) is 0.750. The van der Waals surface area contributed by atoms with Crippen LogP contribution in [0.5, 0.6) is 0 Å². The van der Waals surface area contributed by atoms with Gasteiger partial charge in [-0.2, -0.15) is 0 Å². The number of ether oxygens (including phenoxy) is 1. The first-order valence-electron chi connectivity index (χ1n) is 4.25. The van der Waals surface area contributed by atoms with Gasteiger partial charge in [0.05, 0.1) is 13.2 Å². The summed E-state index contributed by atoms with van der Waals surface area (Å²) < 4.78 is 4.70. The molecule has 0 saturated heterocycles. The molecular formula is C8H16N2O4. The molecule has 0 fully saturated rings. The first-order chi connectivity index (χ1) is 6.57. The summed E-state index contributed by atoms with van der Waals surface area (Å²) in [7, 11) is 1.53. The lowest BCUT2D eigenvalue weighted by molar-refractivity contribution is -0.138. The van der Waals surface area contributed by atoms with Crippen molar-refractivity contribution in [1.82, 2.24) is 10.8 Å². The Bertz CT molecular complexity index is 196. The van der Waals surface area contributed by atoms with Gasteiger partial charge in [0.25, 0.3) is 5.91 Å². The fourth-order valence-corrected chi connectivity index (χ4v) is 0.706. The minimum absolute atomic E-state index is 0.260. The first-order valence-corrected chi connectivity index (χ1v) is 4.25. The third-order valence-corrected chi connectivity index (χ3v) is 1.38. The molecule has 82 valence electrons. The highest BCUT2D eigenvalue weighted by molar-refractivity contribution is 5.85. The summed E-state index contributed by atoms with van der Waals surface area (Å²) in [4.78, 5) is 26.5. The SMILES string of the molecule is COCCONC(=O)C(C)NC(C)=O. The van der Waals surface area contributed by atoms with Crippen molar-refractivity contribution in [2.75, 3.05) is 20.3 Å². The van der Waals surface area contributed by atoms with E-state index in [1.165, 1.54) is 14.0 Å². The Morgan fingerprint density at radius 2 is 2.00 bits per heavy atom. The number of carbonyl (C=O) groups excluding carboxylic acids is 2. The van der Waals surface area contributed by atoms with Gasteiger partial charge < -0.3 is 10.1 Å². The zero-order valence-corrected chi connectivity index (χ0v) is 8.62. The zero-order chi connectivity index (χ0) is 11.0. The Kier molecular flexibility index (Phi) is 6.69. The first kappa shape index (κ1) is 12.9. The van der Waals surface area contributed by atoms with Gasteiger partial charge in [-0.1, -0.05) is 0 Å². The molecule has 0 saturated carbocycles. The van der Waals surface area contributed by atoms with Crippen LogP contribution in [0.4, 0.5) is 0 Å². The van der Waals surface area contributed by atoms with Crippen molar-refractivity contribution in [3.05, 3.63) is 0 Å². The maximum absolute atomic E-state index is 11.2. The van der Waals surface area contributed by atoms with E-state index in [2.05, 4.69) is 10.8 Å². The molecule has 2 N–H and O–H groups in total. The summed E-state index contributed by atoms with van der Waals surface area (Å²) in [6.07, 6.45) is 0. The van der Waals surface area contributed by atoms with Gasteiger partial charge in [-0.05, 0) is 6.92 Å². The molecule has 0 aliphatic rings. The largest absolute Gasteiger partial charge is 0.382 e. The molecule has 0 aromatic heterocycles. The quantitative estimate of drug-likeness (QED) is 0.439. The third kappa shape index (κ3) is 6.38. The minimum atomic E-state index is -0.602. The summed E-state index contributed by atoms with van der Waals surface area (Å²) in [5.74, 6) is -0.652. The molecule has 1 unspecified atom stereocenters. The van der Waals surface area contributed by atoms with Crippen LogP contribution in [-0.2, 0) is 19.2 Å². The maximum Gasteiger partial charge on any atom is 0.265 e. The second-order valence-electron chi connectivity index (χ2n) is 2.73. The highest BCUT2D eigenvalue weighted by atomic mass is 16.7. The van der Waals surface area contributed by atoms with E-state index in [-0.39, 0.29) is 12.5 Å². The smallest absolute Gasteiger partial charge is 0.265 e. The van der Waals surface area contributed by atoms with Crippen LogP contribution in [0, 0.1) is 0 Å². The Morgan fingerprint density at radius 3 is 2.50 bits per heavy atom. The second kappa shape index (κ2) is 7.28. The van der Waals surface area contributed by atoms with Gasteiger partial charge in [-0.15, -0.1) is 0 Å². The fourth-order valence-electron chi connectivity index (χ4n) is 0.706. The van der Waals surface area contributed by atoms with Crippen molar-refractivity contribution in [3.63, 3.8) is 0 Å². The van der Waals surface area contributed by atoms with Crippen molar-refractivity contribution < 1.29 is 19.2 Å². The van der Waals surface area contributed by atoms with Crippen LogP contribution in [0.1, 0.15) is 13.8 Å². The highest BCUT2D eigenvalue weighted by Crippen LogP contribution is 1.82. The number of methoxy groups -OCH3 is 1. The van der Waals surface area contributed by atoms with Crippen LogP contribution in [-0.4, -0.2) is 38.2 Å². The molecule has 0 heterocycles. The molecule has 0 radical (unpaired) electrons. The van der Waals surface area contributed by atoms with Gasteiger partial charge in [0.2, 0.25) is 5.91 Å². The van der Waals surface area contributed by atoms with E-state index in [0.717, 1.165) is 0 Å². The predicted molar refractivity (Wildman–Crippen MR) is 49.2 cm³/mol. The normalized spacial score (nSPS) is 11.9. The van der Waals surface area contributed by atoms with E-state index in [1.54, 1.807) is 6.92 Å². The van der Waals surface area contributed by atoms with Crippen molar-refractivity contribution in [1.29, 1.82) is 0 Å². The Hall–Kier alpha value is -1.14. The van der Waals surface area contributed by atoms with Gasteiger partial charge in [0, 0.05) is 14.0 Å². The van der Waals surface area contributed by atoms with Crippen LogP contribution in [0.25, 0.3) is 0 Å². The number of carbonyl (C=O) groups is 2. The average molecular weight is 204 g/mol. The monoisotopic (exact) mass is 204 g/mol. The summed E-state index contributed by atoms with van der Waals surface area (Å²) in [5, 5.41) is 2.42. The lowest BCUT2D eigenvalue weighted by Gasteiger charge is -2.12. The molecular weight excluding hydrogens is 188 g/mol. The molecule has 14 heavy (non-hydrogen) atoms. The third-order valence-electron chi connectivity index (χ3n) is 1.38. The van der Waals surface area contributed by atoms with Crippen LogP contribution in [0.15, 0.2) is 0 Å². The summed E-state index contributed by atoms with van der Waals surface area (Å²) in [6.45, 7) is 3.58. The van der Waals surface area contributed by atoms with Crippen molar-refractivity contribution in [2.24, 2.45) is 0 Å². The van der Waals surface area contributed by atoms with Crippen molar-refractivity contribution in [3.8, 4) is 0 Å². The van der Waals surface area contributed by atoms with Gasteiger partial charge in [-0.25, -0.2) is 5.48 Å². The average Bonchev–Trinajstić information content (AvgIpc) is 2.11. The van der Waals surface area contributed by atoms with Gasteiger partial charge in [0.1, 0.15) is 6.04 Å². The topological polar surface area (TPSA) is 76.7 Å². The van der Waals surface area contributed by atoms with Gasteiger partial charge in [-0.3, -0.25) is 14.4 Å². The Balaban J connectivity index is 3.57. The summed E-state index contributed by atoms with van der Waals surface area (Å²) in [5.41, 5.74) is 2.19. The molecule has 1 atom stereocenters. The second-order valence-corrected chi connectivity index (χ2v) is 2.73.